The van der Waals surface area contributed by atoms with E-state index < -0.39 is 0 Å². The number of thiophene rings is 1. The number of carbonyl (C=O) groups is 3. The predicted octanol–water partition coefficient (Wildman–Crippen LogP) is 3.65. The van der Waals surface area contributed by atoms with Crippen molar-refractivity contribution in [2.75, 3.05) is 25.0 Å². The lowest BCUT2D eigenvalue weighted by atomic mass is 9.97. The average molecular weight is 415 g/mol. The Hall–Kier alpha value is -2.67. The lowest BCUT2D eigenvalue weighted by Crippen LogP contribution is -2.40. The molecule has 0 unspecified atom stereocenters. The Morgan fingerprint density at radius 2 is 1.93 bits per heavy atom. The van der Waals surface area contributed by atoms with Crippen molar-refractivity contribution in [2.45, 2.75) is 33.1 Å². The van der Waals surface area contributed by atoms with Gasteiger partial charge in [0, 0.05) is 18.8 Å². The minimum Gasteiger partial charge on any atom is -0.455 e. The zero-order chi connectivity index (χ0) is 20.8. The summed E-state index contributed by atoms with van der Waals surface area (Å²) in [5.41, 5.74) is 2.82. The van der Waals surface area contributed by atoms with Crippen LogP contribution in [0, 0.1) is 12.8 Å². The quantitative estimate of drug-likeness (QED) is 0.732. The van der Waals surface area contributed by atoms with Gasteiger partial charge in [0.15, 0.2) is 6.61 Å². The van der Waals surface area contributed by atoms with Crippen molar-refractivity contribution in [3.8, 4) is 0 Å². The molecule has 2 heterocycles. The Morgan fingerprint density at radius 1 is 1.17 bits per heavy atom. The summed E-state index contributed by atoms with van der Waals surface area (Å²) in [6.07, 6.45) is 1.91. The lowest BCUT2D eigenvalue weighted by molar-refractivity contribution is -0.152. The first kappa shape index (κ1) is 21.0. The molecule has 0 bridgehead atoms. The van der Waals surface area contributed by atoms with E-state index in [1.807, 2.05) is 49.6 Å². The van der Waals surface area contributed by atoms with Gasteiger partial charge in [-0.15, -0.1) is 11.3 Å². The molecular weight excluding hydrogens is 388 g/mol. The van der Waals surface area contributed by atoms with Gasteiger partial charge < -0.3 is 15.0 Å². The zero-order valence-electron chi connectivity index (χ0n) is 16.8. The number of esters is 1. The molecule has 1 fully saturated rings. The number of hydrogen-bond acceptors (Lipinski definition) is 5. The second kappa shape index (κ2) is 9.69. The summed E-state index contributed by atoms with van der Waals surface area (Å²) in [5.74, 6) is -0.979. The predicted molar refractivity (Wildman–Crippen MR) is 113 cm³/mol. The molecule has 0 spiro atoms. The van der Waals surface area contributed by atoms with Gasteiger partial charge in [-0.3, -0.25) is 14.4 Å². The van der Waals surface area contributed by atoms with E-state index in [2.05, 4.69) is 5.32 Å². The van der Waals surface area contributed by atoms with Gasteiger partial charge in [-0.05, 0) is 48.8 Å². The third kappa shape index (κ3) is 5.23. The Balaban J connectivity index is 1.46. The Bertz CT molecular complexity index is 871. The number of amides is 2. The van der Waals surface area contributed by atoms with E-state index in [1.54, 1.807) is 4.90 Å². The highest BCUT2D eigenvalue weighted by molar-refractivity contribution is 7.12. The molecule has 3 rings (SSSR count). The minimum absolute atomic E-state index is 0.0103. The highest BCUT2D eigenvalue weighted by Crippen LogP contribution is 2.23. The van der Waals surface area contributed by atoms with Crippen LogP contribution in [0.5, 0.6) is 0 Å². The summed E-state index contributed by atoms with van der Waals surface area (Å²) in [4.78, 5) is 39.5. The highest BCUT2D eigenvalue weighted by atomic mass is 32.1. The normalized spacial score (nSPS) is 14.5. The number of nitrogens with one attached hydrogen (secondary N) is 1. The summed E-state index contributed by atoms with van der Waals surface area (Å²) in [5, 5.41) is 4.74. The maximum Gasteiger partial charge on any atom is 0.309 e. The van der Waals surface area contributed by atoms with Crippen LogP contribution < -0.4 is 5.32 Å². The topological polar surface area (TPSA) is 75.7 Å². The Kier molecular flexibility index (Phi) is 7.04. The maximum absolute atomic E-state index is 12.4. The summed E-state index contributed by atoms with van der Waals surface area (Å²) < 4.78 is 5.24. The number of piperidine rings is 1. The van der Waals surface area contributed by atoms with Crippen LogP contribution in [0.1, 0.15) is 40.6 Å². The molecule has 29 heavy (non-hydrogen) atoms. The molecule has 154 valence electrons. The van der Waals surface area contributed by atoms with Gasteiger partial charge in [0.25, 0.3) is 11.8 Å². The van der Waals surface area contributed by atoms with Crippen LogP contribution >= 0.6 is 11.3 Å². The molecule has 6 nitrogen and oxygen atoms in total. The SMILES string of the molecule is CCc1cccc(C)c1NC(=O)COC(=O)C1CCN(C(=O)c2cccs2)CC1. The number of aryl methyl sites for hydroxylation is 2. The first-order valence-electron chi connectivity index (χ1n) is 9.87. The molecular formula is C22H26N2O4S. The molecule has 0 saturated carbocycles. The maximum atomic E-state index is 12.4. The monoisotopic (exact) mass is 414 g/mol. The molecule has 0 atom stereocenters. The van der Waals surface area contributed by atoms with Gasteiger partial charge >= 0.3 is 5.97 Å². The molecule has 1 aromatic carbocycles. The summed E-state index contributed by atoms with van der Waals surface area (Å²) in [6, 6.07) is 9.53. The van der Waals surface area contributed by atoms with Gasteiger partial charge in [-0.1, -0.05) is 31.2 Å². The van der Waals surface area contributed by atoms with Crippen molar-refractivity contribution >= 4 is 34.8 Å². The number of carbonyl (C=O) groups excluding carboxylic acids is 3. The molecule has 0 radical (unpaired) electrons. The van der Waals surface area contributed by atoms with E-state index in [0.29, 0.717) is 30.8 Å². The third-order valence-corrected chi connectivity index (χ3v) is 6.06. The van der Waals surface area contributed by atoms with Crippen LogP contribution in [0.4, 0.5) is 5.69 Å². The molecule has 2 aromatic rings. The minimum atomic E-state index is -0.371. The van der Waals surface area contributed by atoms with Crippen molar-refractivity contribution in [2.24, 2.45) is 5.92 Å². The van der Waals surface area contributed by atoms with Crippen LogP contribution in [0.25, 0.3) is 0 Å². The molecule has 1 aromatic heterocycles. The number of anilines is 1. The molecule has 0 aliphatic carbocycles. The van der Waals surface area contributed by atoms with Gasteiger partial charge in [0.05, 0.1) is 10.8 Å². The highest BCUT2D eigenvalue weighted by Gasteiger charge is 2.29. The Labute approximate surface area is 174 Å². The molecule has 1 aliphatic heterocycles. The van der Waals surface area contributed by atoms with Gasteiger partial charge in [0.1, 0.15) is 0 Å². The molecule has 2 amide bonds. The fourth-order valence-corrected chi connectivity index (χ4v) is 4.20. The van der Waals surface area contributed by atoms with Crippen molar-refractivity contribution in [3.05, 3.63) is 51.7 Å². The number of rotatable bonds is 6. The second-order valence-electron chi connectivity index (χ2n) is 7.16. The van der Waals surface area contributed by atoms with Gasteiger partial charge in [-0.2, -0.15) is 0 Å². The van der Waals surface area contributed by atoms with Gasteiger partial charge in [0.2, 0.25) is 0 Å². The first-order chi connectivity index (χ1) is 14.0. The van der Waals surface area contributed by atoms with Crippen molar-refractivity contribution in [1.29, 1.82) is 0 Å². The van der Waals surface area contributed by atoms with Crippen LogP contribution in [0.15, 0.2) is 35.7 Å². The van der Waals surface area contributed by atoms with Crippen molar-refractivity contribution in [3.63, 3.8) is 0 Å². The molecule has 1 aliphatic rings. The number of para-hydroxylation sites is 1. The number of benzene rings is 1. The van der Waals surface area contributed by atoms with E-state index in [4.69, 9.17) is 4.74 Å². The van der Waals surface area contributed by atoms with Gasteiger partial charge in [-0.25, -0.2) is 0 Å². The molecule has 1 saturated heterocycles. The van der Waals surface area contributed by atoms with Crippen molar-refractivity contribution in [1.82, 2.24) is 4.90 Å². The van der Waals surface area contributed by atoms with Crippen LogP contribution in [-0.2, 0) is 20.7 Å². The largest absolute Gasteiger partial charge is 0.455 e. The first-order valence-corrected chi connectivity index (χ1v) is 10.7. The fourth-order valence-electron chi connectivity index (χ4n) is 3.51. The van der Waals surface area contributed by atoms with E-state index in [-0.39, 0.29) is 30.3 Å². The summed E-state index contributed by atoms with van der Waals surface area (Å²) >= 11 is 1.42. The summed E-state index contributed by atoms with van der Waals surface area (Å²) in [6.45, 7) is 4.70. The van der Waals surface area contributed by atoms with Crippen molar-refractivity contribution < 1.29 is 19.1 Å². The van der Waals surface area contributed by atoms with E-state index in [1.165, 1.54) is 11.3 Å². The number of likely N-dealkylation sites (tertiary alicyclic amines) is 1. The second-order valence-corrected chi connectivity index (χ2v) is 8.11. The van der Waals surface area contributed by atoms with E-state index >= 15 is 0 Å². The number of hydrogen-bond donors (Lipinski definition) is 1. The third-order valence-electron chi connectivity index (χ3n) is 5.20. The number of nitrogens with zero attached hydrogens (tertiary/aromatic N) is 1. The molecule has 1 N–H and O–H groups in total. The number of ether oxygens (including phenoxy) is 1. The zero-order valence-corrected chi connectivity index (χ0v) is 17.6. The van der Waals surface area contributed by atoms with Crippen LogP contribution in [0.3, 0.4) is 0 Å². The Morgan fingerprint density at radius 3 is 2.59 bits per heavy atom. The smallest absolute Gasteiger partial charge is 0.309 e. The van der Waals surface area contributed by atoms with Crippen LogP contribution in [-0.4, -0.2) is 42.4 Å². The lowest BCUT2D eigenvalue weighted by Gasteiger charge is -2.30. The summed E-state index contributed by atoms with van der Waals surface area (Å²) in [7, 11) is 0. The van der Waals surface area contributed by atoms with E-state index in [0.717, 1.165) is 23.2 Å². The average Bonchev–Trinajstić information content (AvgIpc) is 3.28. The standard InChI is InChI=1S/C22H26N2O4S/c1-3-16-7-4-6-15(2)20(16)23-19(25)14-28-22(27)17-9-11-24(12-10-17)21(26)18-8-5-13-29-18/h4-8,13,17H,3,9-12,14H2,1-2H3,(H,23,25). The van der Waals surface area contributed by atoms with E-state index in [9.17, 15) is 14.4 Å². The molecule has 7 heteroatoms. The van der Waals surface area contributed by atoms with Crippen LogP contribution in [0.2, 0.25) is 0 Å². The fraction of sp³-hybridized carbons (Fsp3) is 0.409.